The van der Waals surface area contributed by atoms with Crippen molar-refractivity contribution < 1.29 is 9.53 Å². The Hall–Kier alpha value is -2.33. The predicted molar refractivity (Wildman–Crippen MR) is 109 cm³/mol. The molecule has 1 saturated heterocycles. The molecule has 4 nitrogen and oxygen atoms in total. The SMILES string of the molecule is Cc1ccc(O[C@@H](C)C(=O)NCc2ccc(CN3CCCC3)cc2)c(C)c1. The van der Waals surface area contributed by atoms with Gasteiger partial charge in [-0.3, -0.25) is 9.69 Å². The number of benzene rings is 2. The molecule has 0 spiro atoms. The number of likely N-dealkylation sites (tertiary alicyclic amines) is 1. The Labute approximate surface area is 162 Å². The van der Waals surface area contributed by atoms with Crippen LogP contribution in [0.2, 0.25) is 0 Å². The number of rotatable bonds is 7. The molecule has 0 bridgehead atoms. The monoisotopic (exact) mass is 366 g/mol. The van der Waals surface area contributed by atoms with Crippen LogP contribution in [-0.2, 0) is 17.9 Å². The molecule has 1 N–H and O–H groups in total. The van der Waals surface area contributed by atoms with Gasteiger partial charge in [0, 0.05) is 13.1 Å². The van der Waals surface area contributed by atoms with Crippen molar-refractivity contribution in [3.05, 3.63) is 64.7 Å². The molecule has 1 aliphatic rings. The number of hydrogen-bond donors (Lipinski definition) is 1. The van der Waals surface area contributed by atoms with Crippen LogP contribution in [0.25, 0.3) is 0 Å². The van der Waals surface area contributed by atoms with Crippen LogP contribution in [-0.4, -0.2) is 30.0 Å². The van der Waals surface area contributed by atoms with Crippen LogP contribution in [0.1, 0.15) is 42.0 Å². The largest absolute Gasteiger partial charge is 0.481 e. The van der Waals surface area contributed by atoms with E-state index in [1.165, 1.54) is 37.1 Å². The lowest BCUT2D eigenvalue weighted by Gasteiger charge is -2.17. The van der Waals surface area contributed by atoms with Crippen molar-refractivity contribution in [3.63, 3.8) is 0 Å². The highest BCUT2D eigenvalue weighted by Gasteiger charge is 2.15. The zero-order chi connectivity index (χ0) is 19.2. The van der Waals surface area contributed by atoms with E-state index in [9.17, 15) is 4.79 Å². The van der Waals surface area contributed by atoms with E-state index in [0.29, 0.717) is 6.54 Å². The minimum atomic E-state index is -0.527. The number of ether oxygens (including phenoxy) is 1. The first-order valence-corrected chi connectivity index (χ1v) is 9.83. The number of carbonyl (C=O) groups is 1. The van der Waals surface area contributed by atoms with Crippen molar-refractivity contribution in [1.82, 2.24) is 10.2 Å². The first-order chi connectivity index (χ1) is 13.0. The van der Waals surface area contributed by atoms with Crippen molar-refractivity contribution in [2.75, 3.05) is 13.1 Å². The number of nitrogens with zero attached hydrogens (tertiary/aromatic N) is 1. The average Bonchev–Trinajstić information content (AvgIpc) is 3.16. The molecule has 1 heterocycles. The zero-order valence-corrected chi connectivity index (χ0v) is 16.6. The number of aryl methyl sites for hydroxylation is 2. The standard InChI is InChI=1S/C23H30N2O2/c1-17-6-11-22(18(2)14-17)27-19(3)23(26)24-15-20-7-9-21(10-8-20)16-25-12-4-5-13-25/h6-11,14,19H,4-5,12-13,15-16H2,1-3H3,(H,24,26)/t19-/m0/s1. The Morgan fingerprint density at radius 2 is 1.74 bits per heavy atom. The van der Waals surface area contributed by atoms with Crippen molar-refractivity contribution in [1.29, 1.82) is 0 Å². The van der Waals surface area contributed by atoms with Crippen LogP contribution in [0.15, 0.2) is 42.5 Å². The lowest BCUT2D eigenvalue weighted by atomic mass is 10.1. The van der Waals surface area contributed by atoms with Crippen molar-refractivity contribution in [2.24, 2.45) is 0 Å². The molecule has 0 aliphatic carbocycles. The first kappa shape index (κ1) is 19.4. The van der Waals surface area contributed by atoms with Crippen LogP contribution >= 0.6 is 0 Å². The van der Waals surface area contributed by atoms with Crippen LogP contribution in [0.5, 0.6) is 5.75 Å². The molecule has 0 radical (unpaired) electrons. The Morgan fingerprint density at radius 1 is 1.07 bits per heavy atom. The second-order valence-corrected chi connectivity index (χ2v) is 7.55. The Kier molecular flexibility index (Phi) is 6.51. The van der Waals surface area contributed by atoms with Gasteiger partial charge in [0.05, 0.1) is 0 Å². The maximum atomic E-state index is 12.4. The zero-order valence-electron chi connectivity index (χ0n) is 16.6. The Morgan fingerprint density at radius 3 is 2.41 bits per heavy atom. The fourth-order valence-electron chi connectivity index (χ4n) is 3.47. The smallest absolute Gasteiger partial charge is 0.261 e. The topological polar surface area (TPSA) is 41.6 Å². The fourth-order valence-corrected chi connectivity index (χ4v) is 3.47. The van der Waals surface area contributed by atoms with Gasteiger partial charge in [-0.25, -0.2) is 0 Å². The third kappa shape index (κ3) is 5.57. The molecule has 0 aromatic heterocycles. The van der Waals surface area contributed by atoms with Crippen LogP contribution in [0.3, 0.4) is 0 Å². The number of hydrogen-bond acceptors (Lipinski definition) is 3. The van der Waals surface area contributed by atoms with Gasteiger partial charge in [0.1, 0.15) is 5.75 Å². The molecule has 144 valence electrons. The lowest BCUT2D eigenvalue weighted by molar-refractivity contribution is -0.127. The molecule has 2 aromatic carbocycles. The molecule has 27 heavy (non-hydrogen) atoms. The Bertz CT molecular complexity index is 764. The molecule has 1 amide bonds. The average molecular weight is 367 g/mol. The van der Waals surface area contributed by atoms with E-state index in [0.717, 1.165) is 23.4 Å². The quantitative estimate of drug-likeness (QED) is 0.806. The Balaban J connectivity index is 1.47. The summed E-state index contributed by atoms with van der Waals surface area (Å²) in [4.78, 5) is 14.8. The summed E-state index contributed by atoms with van der Waals surface area (Å²) in [6.45, 7) is 9.77. The van der Waals surface area contributed by atoms with Crippen LogP contribution in [0.4, 0.5) is 0 Å². The molecule has 2 aromatic rings. The minimum absolute atomic E-state index is 0.101. The third-order valence-electron chi connectivity index (χ3n) is 5.10. The molecular formula is C23H30N2O2. The molecule has 0 saturated carbocycles. The van der Waals surface area contributed by atoms with E-state index in [4.69, 9.17) is 4.74 Å². The fraction of sp³-hybridized carbons (Fsp3) is 0.435. The van der Waals surface area contributed by atoms with E-state index in [-0.39, 0.29) is 5.91 Å². The first-order valence-electron chi connectivity index (χ1n) is 9.83. The van der Waals surface area contributed by atoms with Crippen molar-refractivity contribution >= 4 is 5.91 Å². The maximum absolute atomic E-state index is 12.4. The van der Waals surface area contributed by atoms with Crippen LogP contribution in [0, 0.1) is 13.8 Å². The molecule has 0 unspecified atom stereocenters. The second-order valence-electron chi connectivity index (χ2n) is 7.55. The van der Waals surface area contributed by atoms with E-state index in [2.05, 4.69) is 40.5 Å². The van der Waals surface area contributed by atoms with E-state index in [1.54, 1.807) is 6.92 Å². The number of carbonyl (C=O) groups excluding carboxylic acids is 1. The second kappa shape index (κ2) is 9.05. The van der Waals surface area contributed by atoms with Gasteiger partial charge in [-0.15, -0.1) is 0 Å². The molecule has 1 atom stereocenters. The highest BCUT2D eigenvalue weighted by molar-refractivity contribution is 5.80. The molecular weight excluding hydrogens is 336 g/mol. The number of nitrogens with one attached hydrogen (secondary N) is 1. The van der Waals surface area contributed by atoms with Gasteiger partial charge < -0.3 is 10.1 Å². The van der Waals surface area contributed by atoms with Gasteiger partial charge in [0.25, 0.3) is 5.91 Å². The molecule has 4 heteroatoms. The summed E-state index contributed by atoms with van der Waals surface area (Å²) in [6, 6.07) is 14.5. The highest BCUT2D eigenvalue weighted by Crippen LogP contribution is 2.20. The number of amides is 1. The van der Waals surface area contributed by atoms with Gasteiger partial charge in [-0.2, -0.15) is 0 Å². The van der Waals surface area contributed by atoms with E-state index < -0.39 is 6.10 Å². The van der Waals surface area contributed by atoms with Gasteiger partial charge in [0.15, 0.2) is 6.10 Å². The van der Waals surface area contributed by atoms with Gasteiger partial charge in [-0.05, 0) is 69.5 Å². The predicted octanol–water partition coefficient (Wildman–Crippen LogP) is 3.98. The maximum Gasteiger partial charge on any atom is 0.261 e. The molecule has 1 aliphatic heterocycles. The minimum Gasteiger partial charge on any atom is -0.481 e. The summed E-state index contributed by atoms with van der Waals surface area (Å²) in [6.07, 6.45) is 2.10. The third-order valence-corrected chi connectivity index (χ3v) is 5.10. The normalized spacial score (nSPS) is 15.5. The summed E-state index contributed by atoms with van der Waals surface area (Å²) in [5.41, 5.74) is 4.67. The van der Waals surface area contributed by atoms with Gasteiger partial charge >= 0.3 is 0 Å². The lowest BCUT2D eigenvalue weighted by Crippen LogP contribution is -2.36. The molecule has 1 fully saturated rings. The summed E-state index contributed by atoms with van der Waals surface area (Å²) in [5, 5.41) is 2.97. The van der Waals surface area contributed by atoms with E-state index >= 15 is 0 Å². The van der Waals surface area contributed by atoms with Crippen molar-refractivity contribution in [2.45, 2.75) is 52.8 Å². The van der Waals surface area contributed by atoms with Crippen LogP contribution < -0.4 is 10.1 Å². The summed E-state index contributed by atoms with van der Waals surface area (Å²) in [5.74, 6) is 0.658. The van der Waals surface area contributed by atoms with E-state index in [1.807, 2.05) is 26.0 Å². The highest BCUT2D eigenvalue weighted by atomic mass is 16.5. The summed E-state index contributed by atoms with van der Waals surface area (Å²) >= 11 is 0. The summed E-state index contributed by atoms with van der Waals surface area (Å²) < 4.78 is 5.83. The summed E-state index contributed by atoms with van der Waals surface area (Å²) in [7, 11) is 0. The van der Waals surface area contributed by atoms with Gasteiger partial charge in [-0.1, -0.05) is 42.0 Å². The van der Waals surface area contributed by atoms with Gasteiger partial charge in [0.2, 0.25) is 0 Å². The molecule has 3 rings (SSSR count). The van der Waals surface area contributed by atoms with Crippen molar-refractivity contribution in [3.8, 4) is 5.75 Å².